The van der Waals surface area contributed by atoms with Crippen molar-refractivity contribution in [1.29, 1.82) is 0 Å². The highest BCUT2D eigenvalue weighted by Crippen LogP contribution is 2.27. The van der Waals surface area contributed by atoms with E-state index in [-0.39, 0.29) is 20.3 Å². The lowest BCUT2D eigenvalue weighted by Gasteiger charge is -2.06. The number of thiazole rings is 1. The van der Waals surface area contributed by atoms with Crippen molar-refractivity contribution in [1.82, 2.24) is 4.57 Å². The van der Waals surface area contributed by atoms with Gasteiger partial charge in [0.05, 0.1) is 5.69 Å². The van der Waals surface area contributed by atoms with Crippen molar-refractivity contribution in [3.63, 3.8) is 0 Å². The monoisotopic (exact) mass is 270 g/mol. The van der Waals surface area contributed by atoms with Crippen LogP contribution in [0.1, 0.15) is 9.67 Å². The van der Waals surface area contributed by atoms with Crippen LogP contribution in [0, 0.1) is 9.77 Å². The first-order valence-electron chi connectivity index (χ1n) is 4.52. The van der Waals surface area contributed by atoms with Crippen LogP contribution in [-0.2, 0) is 0 Å². The lowest BCUT2D eigenvalue weighted by Crippen LogP contribution is -2.06. The third-order valence-corrected chi connectivity index (χ3v) is 3.51. The number of aromatic carboxylic acids is 1. The number of nitrogens with two attached hydrogens (primary N) is 1. The Labute approximate surface area is 105 Å². The number of aromatic nitrogens is 1. The summed E-state index contributed by atoms with van der Waals surface area (Å²) in [6.45, 7) is 0. The van der Waals surface area contributed by atoms with E-state index in [4.69, 9.17) is 23.1 Å². The van der Waals surface area contributed by atoms with E-state index in [1.54, 1.807) is 6.07 Å². The molecule has 2 aromatic rings. The van der Waals surface area contributed by atoms with Gasteiger partial charge in [0.2, 0.25) is 0 Å². The zero-order valence-electron chi connectivity index (χ0n) is 8.38. The average molecular weight is 270 g/mol. The molecule has 0 aliphatic rings. The maximum absolute atomic E-state index is 13.6. The number of carbonyl (C=O) groups is 1. The molecular formula is C10H7FN2O2S2. The fourth-order valence-electron chi connectivity index (χ4n) is 1.40. The quantitative estimate of drug-likeness (QED) is 0.823. The molecule has 0 amide bonds. The summed E-state index contributed by atoms with van der Waals surface area (Å²) in [5, 5.41) is 8.90. The Kier molecular flexibility index (Phi) is 2.95. The molecule has 0 bridgehead atoms. The van der Waals surface area contributed by atoms with Crippen LogP contribution in [0.15, 0.2) is 24.3 Å². The minimum Gasteiger partial charge on any atom is -0.477 e. The molecule has 0 aliphatic carbocycles. The van der Waals surface area contributed by atoms with Gasteiger partial charge in [-0.05, 0) is 24.4 Å². The molecular weight excluding hydrogens is 263 g/mol. The van der Waals surface area contributed by atoms with Crippen LogP contribution in [0.2, 0.25) is 0 Å². The first-order valence-corrected chi connectivity index (χ1v) is 5.74. The molecule has 0 atom stereocenters. The van der Waals surface area contributed by atoms with Crippen molar-refractivity contribution in [2.45, 2.75) is 0 Å². The van der Waals surface area contributed by atoms with Crippen molar-refractivity contribution in [2.75, 3.05) is 5.73 Å². The van der Waals surface area contributed by atoms with E-state index in [0.29, 0.717) is 0 Å². The normalized spacial score (nSPS) is 10.4. The van der Waals surface area contributed by atoms with Gasteiger partial charge in [0.1, 0.15) is 11.6 Å². The summed E-state index contributed by atoms with van der Waals surface area (Å²) in [5.41, 5.74) is 5.82. The van der Waals surface area contributed by atoms with E-state index in [1.165, 1.54) is 22.8 Å². The van der Waals surface area contributed by atoms with Gasteiger partial charge in [-0.15, -0.1) is 0 Å². The van der Waals surface area contributed by atoms with Gasteiger partial charge in [-0.2, -0.15) is 0 Å². The number of hydrogen-bond acceptors (Lipinski definition) is 4. The van der Waals surface area contributed by atoms with Gasteiger partial charge in [-0.1, -0.05) is 23.5 Å². The molecule has 0 saturated carbocycles. The van der Waals surface area contributed by atoms with Crippen molar-refractivity contribution >= 4 is 35.3 Å². The number of carboxylic acids is 1. The van der Waals surface area contributed by atoms with Crippen LogP contribution < -0.4 is 5.73 Å². The molecule has 1 aromatic heterocycles. The summed E-state index contributed by atoms with van der Waals surface area (Å²) in [4.78, 5) is 10.8. The molecule has 0 aliphatic heterocycles. The lowest BCUT2D eigenvalue weighted by molar-refractivity contribution is 0.0703. The van der Waals surface area contributed by atoms with Gasteiger partial charge in [-0.3, -0.25) is 4.57 Å². The number of benzene rings is 1. The van der Waals surface area contributed by atoms with E-state index in [1.807, 2.05) is 0 Å². The number of halogens is 1. The zero-order valence-corrected chi connectivity index (χ0v) is 10.0. The Morgan fingerprint density at radius 1 is 1.47 bits per heavy atom. The Balaban J connectivity index is 2.73. The number of anilines is 1. The highest BCUT2D eigenvalue weighted by Gasteiger charge is 2.18. The molecule has 0 unspecified atom stereocenters. The molecule has 0 spiro atoms. The van der Waals surface area contributed by atoms with Crippen molar-refractivity contribution in [3.8, 4) is 5.69 Å². The van der Waals surface area contributed by atoms with Crippen molar-refractivity contribution in [3.05, 3.63) is 38.9 Å². The van der Waals surface area contributed by atoms with E-state index >= 15 is 0 Å². The summed E-state index contributed by atoms with van der Waals surface area (Å²) < 4.78 is 15.0. The number of nitrogen functional groups attached to an aromatic ring is 1. The van der Waals surface area contributed by atoms with Gasteiger partial charge in [0.15, 0.2) is 8.83 Å². The van der Waals surface area contributed by atoms with Gasteiger partial charge < -0.3 is 10.8 Å². The molecule has 7 heteroatoms. The second kappa shape index (κ2) is 4.27. The molecule has 2 rings (SSSR count). The standard InChI is InChI=1S/C10H7FN2O2S2/c11-5-3-1-2-4-6(5)13-8(12)7(9(14)15)17-10(13)16/h1-4H,12H2,(H,14,15). The summed E-state index contributed by atoms with van der Waals surface area (Å²) >= 11 is 5.83. The molecule has 1 aromatic carbocycles. The van der Waals surface area contributed by atoms with E-state index in [9.17, 15) is 9.18 Å². The molecule has 0 radical (unpaired) electrons. The zero-order chi connectivity index (χ0) is 12.6. The maximum atomic E-state index is 13.6. The predicted octanol–water partition coefficient (Wildman–Crippen LogP) is 2.69. The van der Waals surface area contributed by atoms with E-state index in [0.717, 1.165) is 11.3 Å². The molecule has 0 saturated heterocycles. The SMILES string of the molecule is Nc1c(C(=O)O)sc(=S)n1-c1ccccc1F. The predicted molar refractivity (Wildman–Crippen MR) is 65.8 cm³/mol. The third-order valence-electron chi connectivity index (χ3n) is 2.13. The molecule has 4 nitrogen and oxygen atoms in total. The Bertz CT molecular complexity index is 648. The van der Waals surface area contributed by atoms with Crippen LogP contribution in [-0.4, -0.2) is 15.6 Å². The molecule has 88 valence electrons. The summed E-state index contributed by atoms with van der Waals surface area (Å²) in [6.07, 6.45) is 0. The lowest BCUT2D eigenvalue weighted by atomic mass is 10.3. The third kappa shape index (κ3) is 1.94. The van der Waals surface area contributed by atoms with Crippen LogP contribution in [0.5, 0.6) is 0 Å². The van der Waals surface area contributed by atoms with Crippen molar-refractivity contribution in [2.24, 2.45) is 0 Å². The first kappa shape index (κ1) is 11.7. The average Bonchev–Trinajstić information content (AvgIpc) is 2.56. The second-order valence-electron chi connectivity index (χ2n) is 3.17. The summed E-state index contributed by atoms with van der Waals surface area (Å²) in [6, 6.07) is 5.90. The molecule has 17 heavy (non-hydrogen) atoms. The van der Waals surface area contributed by atoms with Gasteiger partial charge in [-0.25, -0.2) is 9.18 Å². The fourth-order valence-corrected chi connectivity index (χ4v) is 2.59. The highest BCUT2D eigenvalue weighted by atomic mass is 32.1. The fraction of sp³-hybridized carbons (Fsp3) is 0. The number of rotatable bonds is 2. The van der Waals surface area contributed by atoms with E-state index in [2.05, 4.69) is 0 Å². The minimum absolute atomic E-state index is 0.0578. The number of para-hydroxylation sites is 1. The first-order chi connectivity index (χ1) is 8.02. The van der Waals surface area contributed by atoms with Gasteiger partial charge >= 0.3 is 5.97 Å². The smallest absolute Gasteiger partial charge is 0.349 e. The van der Waals surface area contributed by atoms with E-state index < -0.39 is 11.8 Å². The minimum atomic E-state index is -1.17. The number of carboxylic acid groups (broad SMARTS) is 1. The Morgan fingerprint density at radius 2 is 2.12 bits per heavy atom. The summed E-state index contributed by atoms with van der Waals surface area (Å²) in [5.74, 6) is -1.74. The number of hydrogen-bond donors (Lipinski definition) is 2. The highest BCUT2D eigenvalue weighted by molar-refractivity contribution is 7.73. The van der Waals surface area contributed by atoms with Crippen LogP contribution >= 0.6 is 23.6 Å². The van der Waals surface area contributed by atoms with Gasteiger partial charge in [0, 0.05) is 0 Å². The van der Waals surface area contributed by atoms with Crippen LogP contribution in [0.4, 0.5) is 10.2 Å². The second-order valence-corrected chi connectivity index (χ2v) is 4.82. The van der Waals surface area contributed by atoms with Crippen LogP contribution in [0.25, 0.3) is 5.69 Å². The van der Waals surface area contributed by atoms with Gasteiger partial charge in [0.25, 0.3) is 0 Å². The van der Waals surface area contributed by atoms with Crippen molar-refractivity contribution < 1.29 is 14.3 Å². The number of nitrogens with zero attached hydrogens (tertiary/aromatic N) is 1. The Hall–Kier alpha value is -1.73. The topological polar surface area (TPSA) is 68.2 Å². The molecule has 1 heterocycles. The largest absolute Gasteiger partial charge is 0.477 e. The Morgan fingerprint density at radius 3 is 2.65 bits per heavy atom. The molecule has 3 N–H and O–H groups in total. The summed E-state index contributed by atoms with van der Waals surface area (Å²) in [7, 11) is 0. The molecule has 0 fully saturated rings. The maximum Gasteiger partial charge on any atom is 0.349 e. The van der Waals surface area contributed by atoms with Crippen LogP contribution in [0.3, 0.4) is 0 Å².